The number of amidine groups is 1. The van der Waals surface area contributed by atoms with Crippen LogP contribution in [0.15, 0.2) is 88.5 Å². The molecule has 0 aliphatic carbocycles. The highest BCUT2D eigenvalue weighted by atomic mass is 35.5. The summed E-state index contributed by atoms with van der Waals surface area (Å²) in [5.74, 6) is 0.824. The van der Waals surface area contributed by atoms with Gasteiger partial charge in [-0.15, -0.1) is 0 Å². The van der Waals surface area contributed by atoms with Gasteiger partial charge >= 0.3 is 0 Å². The minimum Gasteiger partial charge on any atom is -0.507 e. The lowest BCUT2D eigenvalue weighted by molar-refractivity contribution is 0.474. The summed E-state index contributed by atoms with van der Waals surface area (Å²) < 4.78 is 1.07. The Bertz CT molecular complexity index is 1360. The standard InChI is InChI=1S/C24H17ClN4OS/c1-15-19(13-16-7-2-4-11-21(16)30)23(29(28-15)18-9-6-8-17(25)14-18)27-24-26-20-10-3-5-12-22(20)31-24/h2-14,30H,1H3/b19-13+,27-23+. The number of hydrogen-bond donors (Lipinski definition) is 1. The van der Waals surface area contributed by atoms with Gasteiger partial charge in [0.25, 0.3) is 0 Å². The highest BCUT2D eigenvalue weighted by molar-refractivity contribution is 7.22. The number of halogens is 1. The first-order chi connectivity index (χ1) is 15.1. The monoisotopic (exact) mass is 444 g/mol. The van der Waals surface area contributed by atoms with Gasteiger partial charge in [-0.25, -0.2) is 9.99 Å². The van der Waals surface area contributed by atoms with E-state index in [4.69, 9.17) is 21.7 Å². The number of phenolic OH excluding ortho intramolecular Hbond substituents is 1. The Hall–Kier alpha value is -3.48. The molecule has 0 unspecified atom stereocenters. The molecular formula is C24H17ClN4OS. The summed E-state index contributed by atoms with van der Waals surface area (Å²) in [6.07, 6.45) is 1.89. The second kappa shape index (κ2) is 7.98. The van der Waals surface area contributed by atoms with E-state index in [2.05, 4.69) is 4.98 Å². The molecule has 0 saturated carbocycles. The quantitative estimate of drug-likeness (QED) is 0.384. The summed E-state index contributed by atoms with van der Waals surface area (Å²) in [5, 5.41) is 18.0. The summed E-state index contributed by atoms with van der Waals surface area (Å²) in [6.45, 7) is 1.92. The van der Waals surface area contributed by atoms with Gasteiger partial charge in [-0.2, -0.15) is 10.1 Å². The smallest absolute Gasteiger partial charge is 0.212 e. The molecule has 0 radical (unpaired) electrons. The van der Waals surface area contributed by atoms with E-state index in [-0.39, 0.29) is 5.75 Å². The van der Waals surface area contributed by atoms with Gasteiger partial charge in [0.15, 0.2) is 5.84 Å². The van der Waals surface area contributed by atoms with Crippen LogP contribution < -0.4 is 5.01 Å². The third-order valence-corrected chi connectivity index (χ3v) is 6.02. The molecule has 1 aliphatic heterocycles. The zero-order valence-corrected chi connectivity index (χ0v) is 18.1. The average molecular weight is 445 g/mol. The van der Waals surface area contributed by atoms with Crippen LogP contribution in [0.2, 0.25) is 5.02 Å². The predicted octanol–water partition coefficient (Wildman–Crippen LogP) is 6.67. The highest BCUT2D eigenvalue weighted by Crippen LogP contribution is 2.33. The topological polar surface area (TPSA) is 61.1 Å². The van der Waals surface area contributed by atoms with Crippen molar-refractivity contribution in [2.75, 3.05) is 5.01 Å². The first-order valence-electron chi connectivity index (χ1n) is 9.64. The van der Waals surface area contributed by atoms with Crippen LogP contribution in [0.5, 0.6) is 5.75 Å². The molecule has 3 aromatic carbocycles. The number of rotatable bonds is 3. The van der Waals surface area contributed by atoms with E-state index in [0.29, 0.717) is 21.6 Å². The van der Waals surface area contributed by atoms with Crippen LogP contribution in [0, 0.1) is 0 Å². The summed E-state index contributed by atoms with van der Waals surface area (Å²) >= 11 is 7.75. The van der Waals surface area contributed by atoms with Crippen molar-refractivity contribution in [2.45, 2.75) is 6.92 Å². The van der Waals surface area contributed by atoms with Crippen LogP contribution in [0.3, 0.4) is 0 Å². The zero-order valence-electron chi connectivity index (χ0n) is 16.5. The number of hydrazone groups is 1. The molecule has 0 fully saturated rings. The van der Waals surface area contributed by atoms with Crippen molar-refractivity contribution in [2.24, 2.45) is 10.1 Å². The van der Waals surface area contributed by atoms with E-state index >= 15 is 0 Å². The van der Waals surface area contributed by atoms with Gasteiger partial charge in [0, 0.05) is 16.2 Å². The molecule has 1 aromatic heterocycles. The van der Waals surface area contributed by atoms with E-state index < -0.39 is 0 Å². The molecule has 0 saturated heterocycles. The van der Waals surface area contributed by atoms with Gasteiger partial charge in [-0.3, -0.25) is 0 Å². The van der Waals surface area contributed by atoms with Crippen molar-refractivity contribution in [3.63, 3.8) is 0 Å². The summed E-state index contributed by atoms with van der Waals surface area (Å²) in [4.78, 5) is 9.54. The number of para-hydroxylation sites is 2. The Morgan fingerprint density at radius 3 is 2.65 bits per heavy atom. The van der Waals surface area contributed by atoms with E-state index in [1.165, 1.54) is 11.3 Å². The number of benzene rings is 3. The molecule has 0 atom stereocenters. The number of aromatic nitrogens is 1. The summed E-state index contributed by atoms with van der Waals surface area (Å²) in [7, 11) is 0. The fourth-order valence-electron chi connectivity index (χ4n) is 3.36. The minimum atomic E-state index is 0.198. The molecule has 0 amide bonds. The fraction of sp³-hybridized carbons (Fsp3) is 0.0417. The average Bonchev–Trinajstić information content (AvgIpc) is 3.31. The molecule has 1 aliphatic rings. The molecule has 0 bridgehead atoms. The maximum atomic E-state index is 10.3. The number of aliphatic imine (C=N–C) groups is 1. The predicted molar refractivity (Wildman–Crippen MR) is 130 cm³/mol. The van der Waals surface area contributed by atoms with Crippen molar-refractivity contribution >= 4 is 61.6 Å². The Morgan fingerprint density at radius 2 is 1.84 bits per heavy atom. The largest absolute Gasteiger partial charge is 0.507 e. The van der Waals surface area contributed by atoms with Gasteiger partial charge in [0.05, 0.1) is 21.6 Å². The molecule has 152 valence electrons. The number of thiazole rings is 1. The molecule has 5 rings (SSSR count). The van der Waals surface area contributed by atoms with Crippen molar-refractivity contribution < 1.29 is 5.11 Å². The van der Waals surface area contributed by atoms with Crippen LogP contribution in [-0.4, -0.2) is 21.6 Å². The molecule has 31 heavy (non-hydrogen) atoms. The molecule has 5 nitrogen and oxygen atoms in total. The van der Waals surface area contributed by atoms with Gasteiger partial charge in [0.1, 0.15) is 5.75 Å². The molecular weight excluding hydrogens is 428 g/mol. The van der Waals surface area contributed by atoms with Gasteiger partial charge < -0.3 is 5.11 Å². The number of nitrogens with zero attached hydrogens (tertiary/aromatic N) is 4. The Morgan fingerprint density at radius 1 is 1.03 bits per heavy atom. The van der Waals surface area contributed by atoms with E-state index in [1.807, 2.05) is 73.7 Å². The highest BCUT2D eigenvalue weighted by Gasteiger charge is 2.28. The number of aromatic hydroxyl groups is 1. The van der Waals surface area contributed by atoms with E-state index in [0.717, 1.165) is 27.2 Å². The van der Waals surface area contributed by atoms with Crippen LogP contribution in [0.4, 0.5) is 10.8 Å². The second-order valence-electron chi connectivity index (χ2n) is 6.99. The number of hydrogen-bond acceptors (Lipinski definition) is 5. The lowest BCUT2D eigenvalue weighted by atomic mass is 10.1. The zero-order chi connectivity index (χ0) is 21.4. The van der Waals surface area contributed by atoms with Crippen molar-refractivity contribution in [1.29, 1.82) is 0 Å². The number of anilines is 1. The number of phenols is 1. The van der Waals surface area contributed by atoms with Crippen molar-refractivity contribution in [3.05, 3.63) is 89.0 Å². The number of fused-ring (bicyclic) bond motifs is 1. The van der Waals surface area contributed by atoms with Crippen molar-refractivity contribution in [1.82, 2.24) is 4.98 Å². The van der Waals surface area contributed by atoms with Crippen LogP contribution in [0.1, 0.15) is 12.5 Å². The lowest BCUT2D eigenvalue weighted by Gasteiger charge is -2.15. The normalized spacial score (nSPS) is 16.5. The Kier molecular flexibility index (Phi) is 5.02. The first-order valence-corrected chi connectivity index (χ1v) is 10.8. The van der Waals surface area contributed by atoms with Gasteiger partial charge in [-0.05, 0) is 49.4 Å². The molecule has 7 heteroatoms. The van der Waals surface area contributed by atoms with E-state index in [1.54, 1.807) is 17.1 Å². The Labute approximate surface area is 188 Å². The van der Waals surface area contributed by atoms with Crippen LogP contribution in [-0.2, 0) is 0 Å². The van der Waals surface area contributed by atoms with Gasteiger partial charge in [0.2, 0.25) is 5.13 Å². The molecule has 4 aromatic rings. The van der Waals surface area contributed by atoms with Gasteiger partial charge in [-0.1, -0.05) is 59.3 Å². The summed E-state index contributed by atoms with van der Waals surface area (Å²) in [6, 6.07) is 22.6. The third-order valence-electron chi connectivity index (χ3n) is 4.85. The third kappa shape index (κ3) is 3.83. The van der Waals surface area contributed by atoms with Crippen molar-refractivity contribution in [3.8, 4) is 5.75 Å². The minimum absolute atomic E-state index is 0.198. The van der Waals surface area contributed by atoms with E-state index in [9.17, 15) is 5.11 Å². The molecule has 1 N–H and O–H groups in total. The maximum Gasteiger partial charge on any atom is 0.212 e. The summed E-state index contributed by atoms with van der Waals surface area (Å²) in [5.41, 5.74) is 3.98. The fourth-order valence-corrected chi connectivity index (χ4v) is 4.38. The first kappa shape index (κ1) is 19.5. The van der Waals surface area contributed by atoms with Crippen LogP contribution >= 0.6 is 22.9 Å². The molecule has 0 spiro atoms. The maximum absolute atomic E-state index is 10.3. The SMILES string of the molecule is CC1=NN(c2cccc(Cl)c2)C(=N/c2nc3ccccc3s2)/C1=C/c1ccccc1O. The van der Waals surface area contributed by atoms with Crippen LogP contribution in [0.25, 0.3) is 16.3 Å². The Balaban J connectivity index is 1.68. The molecule has 2 heterocycles. The lowest BCUT2D eigenvalue weighted by Crippen LogP contribution is -2.21. The second-order valence-corrected chi connectivity index (χ2v) is 8.44.